The van der Waals surface area contributed by atoms with Gasteiger partial charge in [0.2, 0.25) is 10.0 Å². The van der Waals surface area contributed by atoms with Gasteiger partial charge in [-0.15, -0.1) is 0 Å². The second-order valence-electron chi connectivity index (χ2n) is 6.11. The molecule has 3 rings (SSSR count). The zero-order valence-corrected chi connectivity index (χ0v) is 15.1. The molecule has 2 aliphatic rings. The van der Waals surface area contributed by atoms with E-state index in [1.807, 2.05) is 0 Å². The maximum Gasteiger partial charge on any atom is 0.446 e. The number of thioether (sulfide) groups is 1. The van der Waals surface area contributed by atoms with E-state index in [1.54, 1.807) is 0 Å². The van der Waals surface area contributed by atoms with Crippen LogP contribution in [0.15, 0.2) is 34.1 Å². The molecule has 2 aliphatic heterocycles. The summed E-state index contributed by atoms with van der Waals surface area (Å²) in [5.41, 5.74) is -4.38. The van der Waals surface area contributed by atoms with Crippen LogP contribution in [0, 0.1) is 0 Å². The molecule has 1 aromatic carbocycles. The Kier molecular flexibility index (Phi) is 5.64. The van der Waals surface area contributed by atoms with Crippen LogP contribution in [0.1, 0.15) is 6.42 Å². The van der Waals surface area contributed by atoms with E-state index in [1.165, 1.54) is 28.6 Å². The summed E-state index contributed by atoms with van der Waals surface area (Å²) in [6, 6.07) is 5.12. The second kappa shape index (κ2) is 7.43. The van der Waals surface area contributed by atoms with E-state index in [0.717, 1.165) is 32.6 Å². The molecule has 0 spiro atoms. The Bertz CT molecular complexity index is 689. The number of hydrogen-bond acceptors (Lipinski definition) is 5. The van der Waals surface area contributed by atoms with Crippen molar-refractivity contribution in [1.29, 1.82) is 0 Å². The van der Waals surface area contributed by atoms with Gasteiger partial charge in [-0.05, 0) is 42.4 Å². The minimum Gasteiger partial charge on any atom is -0.314 e. The van der Waals surface area contributed by atoms with Crippen molar-refractivity contribution < 1.29 is 21.6 Å². The van der Waals surface area contributed by atoms with E-state index < -0.39 is 15.5 Å². The monoisotopic (exact) mass is 395 g/mol. The number of sulfonamides is 1. The van der Waals surface area contributed by atoms with Crippen molar-refractivity contribution in [3.05, 3.63) is 24.3 Å². The lowest BCUT2D eigenvalue weighted by molar-refractivity contribution is -0.0328. The molecule has 0 aromatic heterocycles. The molecule has 140 valence electrons. The minimum atomic E-state index is -4.38. The standard InChI is InChI=1S/C15H20F3N3O2S2/c16-15(17,18)24-13-1-3-14(4-2-13)25(22,23)21-8-5-12(11-21)20-9-6-19-7-10-20/h1-4,12,19H,5-11H2. The van der Waals surface area contributed by atoms with Gasteiger partial charge in [-0.2, -0.15) is 17.5 Å². The van der Waals surface area contributed by atoms with Gasteiger partial charge in [0.1, 0.15) is 0 Å². The maximum absolute atomic E-state index is 12.7. The van der Waals surface area contributed by atoms with E-state index in [0.29, 0.717) is 13.1 Å². The lowest BCUT2D eigenvalue weighted by Crippen LogP contribution is -2.49. The molecule has 0 bridgehead atoms. The molecule has 0 aliphatic carbocycles. The Balaban J connectivity index is 1.67. The van der Waals surface area contributed by atoms with Crippen molar-refractivity contribution in [3.8, 4) is 0 Å². The molecule has 1 atom stereocenters. The second-order valence-corrected chi connectivity index (χ2v) is 9.19. The van der Waals surface area contributed by atoms with Crippen molar-refractivity contribution in [2.45, 2.75) is 27.8 Å². The van der Waals surface area contributed by atoms with Crippen LogP contribution in [-0.2, 0) is 10.0 Å². The summed E-state index contributed by atoms with van der Waals surface area (Å²) >= 11 is -0.250. The van der Waals surface area contributed by atoms with Crippen LogP contribution >= 0.6 is 11.8 Å². The number of alkyl halides is 3. The molecule has 0 radical (unpaired) electrons. The number of hydrogen-bond donors (Lipinski definition) is 1. The predicted molar refractivity (Wildman–Crippen MR) is 90.0 cm³/mol. The minimum absolute atomic E-state index is 0.0217. The average Bonchev–Trinajstić information content (AvgIpc) is 3.05. The highest BCUT2D eigenvalue weighted by molar-refractivity contribution is 8.00. The quantitative estimate of drug-likeness (QED) is 0.790. The highest BCUT2D eigenvalue weighted by atomic mass is 32.2. The topological polar surface area (TPSA) is 52.7 Å². The molecule has 1 N–H and O–H groups in total. The van der Waals surface area contributed by atoms with Gasteiger partial charge in [0.25, 0.3) is 0 Å². The summed E-state index contributed by atoms with van der Waals surface area (Å²) in [6.07, 6.45) is 0.779. The Morgan fingerprint density at radius 1 is 1.08 bits per heavy atom. The lowest BCUT2D eigenvalue weighted by atomic mass is 10.2. The number of rotatable bonds is 4. The maximum atomic E-state index is 12.7. The summed E-state index contributed by atoms with van der Waals surface area (Å²) in [7, 11) is -3.67. The summed E-state index contributed by atoms with van der Waals surface area (Å²) in [6.45, 7) is 4.49. The van der Waals surface area contributed by atoms with Crippen LogP contribution in [0.25, 0.3) is 0 Å². The van der Waals surface area contributed by atoms with Crippen molar-refractivity contribution in [1.82, 2.24) is 14.5 Å². The largest absolute Gasteiger partial charge is 0.446 e. The lowest BCUT2D eigenvalue weighted by Gasteiger charge is -2.32. The third-order valence-electron chi connectivity index (χ3n) is 4.49. The fourth-order valence-corrected chi connectivity index (χ4v) is 5.27. The molecule has 2 heterocycles. The smallest absolute Gasteiger partial charge is 0.314 e. The van der Waals surface area contributed by atoms with Crippen LogP contribution in [-0.4, -0.2) is 68.4 Å². The number of piperazine rings is 1. The predicted octanol–water partition coefficient (Wildman–Crippen LogP) is 1.97. The van der Waals surface area contributed by atoms with E-state index >= 15 is 0 Å². The van der Waals surface area contributed by atoms with E-state index in [9.17, 15) is 21.6 Å². The summed E-state index contributed by atoms with van der Waals surface area (Å²) in [5, 5.41) is 3.27. The van der Waals surface area contributed by atoms with Crippen LogP contribution in [0.5, 0.6) is 0 Å². The molecule has 0 amide bonds. The molecule has 2 fully saturated rings. The zero-order valence-electron chi connectivity index (χ0n) is 13.5. The van der Waals surface area contributed by atoms with Crippen molar-refractivity contribution in [2.75, 3.05) is 39.3 Å². The van der Waals surface area contributed by atoms with Crippen molar-refractivity contribution >= 4 is 21.8 Å². The first kappa shape index (κ1) is 19.0. The molecular formula is C15H20F3N3O2S2. The Hall–Kier alpha value is -0.810. The number of nitrogens with zero attached hydrogens (tertiary/aromatic N) is 2. The number of halogens is 3. The van der Waals surface area contributed by atoms with Crippen LogP contribution in [0.3, 0.4) is 0 Å². The normalized spacial score (nSPS) is 23.9. The van der Waals surface area contributed by atoms with Gasteiger partial charge < -0.3 is 5.32 Å². The van der Waals surface area contributed by atoms with Gasteiger partial charge in [-0.25, -0.2) is 8.42 Å². The highest BCUT2D eigenvalue weighted by Crippen LogP contribution is 2.37. The Labute approximate surface area is 149 Å². The van der Waals surface area contributed by atoms with Crippen molar-refractivity contribution in [2.24, 2.45) is 0 Å². The fraction of sp³-hybridized carbons (Fsp3) is 0.600. The highest BCUT2D eigenvalue weighted by Gasteiger charge is 2.35. The van der Waals surface area contributed by atoms with Gasteiger partial charge >= 0.3 is 5.51 Å². The molecule has 5 nitrogen and oxygen atoms in total. The summed E-state index contributed by atoms with van der Waals surface area (Å²) in [4.78, 5) is 2.32. The van der Waals surface area contributed by atoms with E-state index in [2.05, 4.69) is 10.2 Å². The molecule has 1 unspecified atom stereocenters. The fourth-order valence-electron chi connectivity index (χ4n) is 3.24. The summed E-state index contributed by atoms with van der Waals surface area (Å²) in [5.74, 6) is 0. The van der Waals surface area contributed by atoms with Crippen LogP contribution in [0.2, 0.25) is 0 Å². The van der Waals surface area contributed by atoms with E-state index in [-0.39, 0.29) is 27.6 Å². The van der Waals surface area contributed by atoms with E-state index in [4.69, 9.17) is 0 Å². The number of nitrogens with one attached hydrogen (secondary N) is 1. The Morgan fingerprint density at radius 3 is 2.32 bits per heavy atom. The average molecular weight is 395 g/mol. The van der Waals surface area contributed by atoms with Gasteiger partial charge in [-0.3, -0.25) is 4.90 Å². The SMILES string of the molecule is O=S(=O)(c1ccc(SC(F)(F)F)cc1)N1CCC(N2CCNCC2)C1. The van der Waals surface area contributed by atoms with Crippen LogP contribution < -0.4 is 5.32 Å². The Morgan fingerprint density at radius 2 is 1.72 bits per heavy atom. The molecule has 10 heteroatoms. The first-order chi connectivity index (χ1) is 11.8. The van der Waals surface area contributed by atoms with Gasteiger partial charge in [0, 0.05) is 50.2 Å². The first-order valence-corrected chi connectivity index (χ1v) is 10.3. The third kappa shape index (κ3) is 4.68. The van der Waals surface area contributed by atoms with Crippen LogP contribution in [0.4, 0.5) is 13.2 Å². The van der Waals surface area contributed by atoms with Gasteiger partial charge in [0.15, 0.2) is 0 Å². The molecule has 25 heavy (non-hydrogen) atoms. The zero-order chi connectivity index (χ0) is 18.1. The van der Waals surface area contributed by atoms with Gasteiger partial charge in [0.05, 0.1) is 4.90 Å². The molecule has 1 aromatic rings. The molecular weight excluding hydrogens is 375 g/mol. The first-order valence-electron chi connectivity index (χ1n) is 8.06. The van der Waals surface area contributed by atoms with Crippen molar-refractivity contribution in [3.63, 3.8) is 0 Å². The summed E-state index contributed by atoms with van der Waals surface area (Å²) < 4.78 is 64.0. The molecule has 0 saturated carbocycles. The third-order valence-corrected chi connectivity index (χ3v) is 7.11. The molecule has 2 saturated heterocycles. The van der Waals surface area contributed by atoms with Gasteiger partial charge in [-0.1, -0.05) is 0 Å². The number of benzene rings is 1.